The van der Waals surface area contributed by atoms with E-state index in [2.05, 4.69) is 26.4 Å². The van der Waals surface area contributed by atoms with Gasteiger partial charge in [-0.1, -0.05) is 6.07 Å². The first-order valence-electron chi connectivity index (χ1n) is 14.3. The molecule has 9 nitrogen and oxygen atoms in total. The summed E-state index contributed by atoms with van der Waals surface area (Å²) in [6, 6.07) is 3.33. The molecule has 1 aromatic carbocycles. The van der Waals surface area contributed by atoms with Crippen LogP contribution >= 0.6 is 0 Å². The van der Waals surface area contributed by atoms with E-state index >= 15 is 4.39 Å². The van der Waals surface area contributed by atoms with Gasteiger partial charge in [-0.05, 0) is 88.0 Å². The first-order chi connectivity index (χ1) is 19.5. The average molecular weight is 575 g/mol. The molecule has 1 aliphatic heterocycles. The number of nitrogens with zero attached hydrogens (tertiary/aromatic N) is 2. The quantitative estimate of drug-likeness (QED) is 0.327. The van der Waals surface area contributed by atoms with Crippen molar-refractivity contribution in [1.82, 2.24) is 25.7 Å². The summed E-state index contributed by atoms with van der Waals surface area (Å²) in [7, 11) is 0. The normalized spacial score (nSPS) is 21.5. The number of benzene rings is 1. The molecule has 2 heterocycles. The average Bonchev–Trinajstić information content (AvgIpc) is 3.85. The maximum Gasteiger partial charge on any atom is 0.281 e. The zero-order valence-electron chi connectivity index (χ0n) is 23.4. The third-order valence-corrected chi connectivity index (χ3v) is 8.36. The van der Waals surface area contributed by atoms with Crippen LogP contribution in [-0.4, -0.2) is 58.6 Å². The third-order valence-electron chi connectivity index (χ3n) is 8.36. The first-order valence-corrected chi connectivity index (χ1v) is 14.3. The van der Waals surface area contributed by atoms with Crippen molar-refractivity contribution in [3.63, 3.8) is 0 Å². The fourth-order valence-electron chi connectivity index (χ4n) is 5.72. The summed E-state index contributed by atoms with van der Waals surface area (Å²) in [5.41, 5.74) is 0.541. The van der Waals surface area contributed by atoms with Crippen LogP contribution in [0.5, 0.6) is 0 Å². The molecule has 2 aliphatic carbocycles. The lowest BCUT2D eigenvalue weighted by Gasteiger charge is -2.28. The highest BCUT2D eigenvalue weighted by Crippen LogP contribution is 2.51. The fourth-order valence-corrected chi connectivity index (χ4v) is 5.72. The van der Waals surface area contributed by atoms with Crippen molar-refractivity contribution < 1.29 is 27.6 Å². The van der Waals surface area contributed by atoms with E-state index in [-0.39, 0.29) is 29.8 Å². The van der Waals surface area contributed by atoms with Crippen LogP contribution in [0, 0.1) is 23.6 Å². The van der Waals surface area contributed by atoms with Crippen LogP contribution in [0.2, 0.25) is 0 Å². The lowest BCUT2D eigenvalue weighted by molar-refractivity contribution is -0.125. The van der Waals surface area contributed by atoms with Crippen molar-refractivity contribution in [2.75, 3.05) is 18.4 Å². The summed E-state index contributed by atoms with van der Waals surface area (Å²) in [5, 5.41) is 14.7. The van der Waals surface area contributed by atoms with Crippen LogP contribution in [-0.2, 0) is 9.59 Å². The number of rotatable bonds is 11. The molecule has 5 rings (SSSR count). The number of hydrogen-bond acceptors (Lipinski definition) is 5. The van der Waals surface area contributed by atoms with Gasteiger partial charge >= 0.3 is 0 Å². The first kappa shape index (κ1) is 29.1. The number of carbonyl (C=O) groups is 3. The van der Waals surface area contributed by atoms with Gasteiger partial charge in [0.05, 0.1) is 18.2 Å². The van der Waals surface area contributed by atoms with E-state index in [4.69, 9.17) is 0 Å². The van der Waals surface area contributed by atoms with Crippen molar-refractivity contribution in [1.29, 1.82) is 0 Å². The van der Waals surface area contributed by atoms with Gasteiger partial charge in [0, 0.05) is 18.8 Å². The van der Waals surface area contributed by atoms with Crippen LogP contribution in [0.1, 0.15) is 74.5 Å². The Hall–Kier alpha value is -3.41. The van der Waals surface area contributed by atoms with Crippen LogP contribution in [0.15, 0.2) is 30.5 Å². The summed E-state index contributed by atoms with van der Waals surface area (Å²) in [5.74, 6) is -5.69. The molecule has 1 unspecified atom stereocenters. The number of amides is 3. The van der Waals surface area contributed by atoms with Gasteiger partial charge in [0.15, 0.2) is 0 Å². The molecule has 3 atom stereocenters. The van der Waals surface area contributed by atoms with Gasteiger partial charge in [-0.25, -0.2) is 13.2 Å². The van der Waals surface area contributed by atoms with Crippen LogP contribution < -0.4 is 21.3 Å². The highest BCUT2D eigenvalue weighted by atomic mass is 19.3. The molecule has 222 valence electrons. The fraction of sp³-hybridized carbons (Fsp3) is 0.586. The molecule has 4 N–H and O–H groups in total. The number of anilines is 1. The van der Waals surface area contributed by atoms with Gasteiger partial charge in [-0.3, -0.25) is 19.1 Å². The van der Waals surface area contributed by atoms with Crippen molar-refractivity contribution in [2.24, 2.45) is 17.8 Å². The second-order valence-corrected chi connectivity index (χ2v) is 11.9. The topological polar surface area (TPSA) is 117 Å². The van der Waals surface area contributed by atoms with Crippen molar-refractivity contribution >= 4 is 23.4 Å². The molecule has 2 aromatic rings. The molecule has 12 heteroatoms. The predicted molar refractivity (Wildman–Crippen MR) is 146 cm³/mol. The van der Waals surface area contributed by atoms with Gasteiger partial charge in [0.2, 0.25) is 11.8 Å². The van der Waals surface area contributed by atoms with Crippen molar-refractivity contribution in [2.45, 2.75) is 76.4 Å². The van der Waals surface area contributed by atoms with E-state index in [1.165, 1.54) is 25.3 Å². The summed E-state index contributed by atoms with van der Waals surface area (Å²) in [6.45, 7) is 4.75. The summed E-state index contributed by atoms with van der Waals surface area (Å²) in [4.78, 5) is 39.5. The van der Waals surface area contributed by atoms with Crippen LogP contribution in [0.4, 0.5) is 18.9 Å². The maximum absolute atomic E-state index is 15.2. The number of aromatic nitrogens is 2. The number of alkyl halides is 2. The summed E-state index contributed by atoms with van der Waals surface area (Å²) >= 11 is 0. The van der Waals surface area contributed by atoms with E-state index in [9.17, 15) is 23.2 Å². The molecule has 0 bridgehead atoms. The molecule has 1 saturated heterocycles. The predicted octanol–water partition coefficient (Wildman–Crippen LogP) is 3.60. The standard InChI is InChI=1S/C29H37F3N6O3/c1-15(2)38-22(10-11-34-38)27(40)37-25(24(17-4-5-17)18-6-7-18)28(41)35-21-9-8-19(12-20(21)30)16(3)26(39)36-23-13-33-14-29(23,31)32/h8-12,15-18,23-25,33H,4-7,13-14H2,1-3H3,(H,35,41)(H,36,39)(H,37,40)/t16-,23?,25-/m0/s1. The molecule has 3 amide bonds. The maximum atomic E-state index is 15.2. The number of nitrogens with one attached hydrogen (secondary N) is 4. The van der Waals surface area contributed by atoms with Gasteiger partial charge in [-0.2, -0.15) is 5.10 Å². The lowest BCUT2D eigenvalue weighted by atomic mass is 9.88. The highest BCUT2D eigenvalue weighted by molar-refractivity contribution is 6.01. The second-order valence-electron chi connectivity index (χ2n) is 11.9. The summed E-state index contributed by atoms with van der Waals surface area (Å²) in [6.07, 6.45) is 5.47. The Labute approximate surface area is 237 Å². The largest absolute Gasteiger partial charge is 0.345 e. The van der Waals surface area contributed by atoms with E-state index in [0.717, 1.165) is 31.7 Å². The Morgan fingerprint density at radius 3 is 2.29 bits per heavy atom. The summed E-state index contributed by atoms with van der Waals surface area (Å²) < 4.78 is 44.6. The Bertz CT molecular complexity index is 1290. The molecule has 0 radical (unpaired) electrons. The molecule has 1 aromatic heterocycles. The lowest BCUT2D eigenvalue weighted by Crippen LogP contribution is -2.50. The highest BCUT2D eigenvalue weighted by Gasteiger charge is 2.49. The number of halogens is 3. The molecule has 0 spiro atoms. The van der Waals surface area contributed by atoms with Gasteiger partial charge in [0.25, 0.3) is 11.8 Å². The molecule has 41 heavy (non-hydrogen) atoms. The van der Waals surface area contributed by atoms with E-state index in [1.54, 1.807) is 10.7 Å². The van der Waals surface area contributed by atoms with Crippen molar-refractivity contribution in [3.8, 4) is 0 Å². The minimum absolute atomic E-state index is 0.0506. The molecular formula is C29H37F3N6O3. The van der Waals surface area contributed by atoms with Crippen LogP contribution in [0.25, 0.3) is 0 Å². The second kappa shape index (κ2) is 11.5. The van der Waals surface area contributed by atoms with Gasteiger partial charge < -0.3 is 21.3 Å². The zero-order valence-corrected chi connectivity index (χ0v) is 23.4. The zero-order chi connectivity index (χ0) is 29.5. The number of carbonyl (C=O) groups excluding carboxylic acids is 3. The minimum atomic E-state index is -3.06. The van der Waals surface area contributed by atoms with Gasteiger partial charge in [0.1, 0.15) is 23.6 Å². The smallest absolute Gasteiger partial charge is 0.281 e. The van der Waals surface area contributed by atoms with E-state index < -0.39 is 54.0 Å². The Morgan fingerprint density at radius 1 is 1.05 bits per heavy atom. The molecular weight excluding hydrogens is 537 g/mol. The Balaban J connectivity index is 1.30. The van der Waals surface area contributed by atoms with Crippen LogP contribution in [0.3, 0.4) is 0 Å². The Kier molecular flexibility index (Phi) is 8.13. The third kappa shape index (κ3) is 6.42. The molecule has 2 saturated carbocycles. The molecule has 3 aliphatic rings. The van der Waals surface area contributed by atoms with E-state index in [0.29, 0.717) is 17.5 Å². The van der Waals surface area contributed by atoms with E-state index in [1.807, 2.05) is 13.8 Å². The van der Waals surface area contributed by atoms with Gasteiger partial charge in [-0.15, -0.1) is 0 Å². The SMILES string of the molecule is CC(C)n1nccc1C(=O)N[C@H](C(=O)Nc1ccc([C@H](C)C(=O)NC2CNCC2(F)F)cc1F)C(C1CC1)C1CC1. The minimum Gasteiger partial charge on any atom is -0.345 e. The number of hydrogen-bond donors (Lipinski definition) is 4. The van der Waals surface area contributed by atoms with Crippen molar-refractivity contribution in [3.05, 3.63) is 47.5 Å². The Morgan fingerprint density at radius 2 is 1.73 bits per heavy atom. The molecule has 3 fully saturated rings. The monoisotopic (exact) mass is 574 g/mol.